The number of nitrogens with zero attached hydrogens (tertiary/aromatic N) is 1. The second-order valence-electron chi connectivity index (χ2n) is 3.39. The lowest BCUT2D eigenvalue weighted by Gasteiger charge is -2.00. The molecular weight excluding hydrogens is 242 g/mol. The van der Waals surface area contributed by atoms with Crippen molar-refractivity contribution in [2.75, 3.05) is 0 Å². The third-order valence-electron chi connectivity index (χ3n) is 2.41. The molecule has 0 aliphatic carbocycles. The average Bonchev–Trinajstić information content (AvgIpc) is 2.29. The van der Waals surface area contributed by atoms with Gasteiger partial charge in [-0.3, -0.25) is 9.78 Å². The second-order valence-corrected chi connectivity index (χ2v) is 4.89. The van der Waals surface area contributed by atoms with Crippen molar-refractivity contribution in [2.24, 2.45) is 0 Å². The molecular formula is C12H6ClNOS. The van der Waals surface area contributed by atoms with Gasteiger partial charge in [-0.2, -0.15) is 0 Å². The number of halogens is 1. The van der Waals surface area contributed by atoms with Gasteiger partial charge in [-0.25, -0.2) is 0 Å². The van der Waals surface area contributed by atoms with E-state index in [2.05, 4.69) is 4.98 Å². The van der Waals surface area contributed by atoms with Gasteiger partial charge >= 0.3 is 0 Å². The highest BCUT2D eigenvalue weighted by molar-refractivity contribution is 7.24. The maximum atomic E-state index is 12.2. The zero-order valence-electron chi connectivity index (χ0n) is 8.11. The van der Waals surface area contributed by atoms with Gasteiger partial charge in [0.15, 0.2) is 0 Å². The van der Waals surface area contributed by atoms with Crippen LogP contribution in [0.1, 0.15) is 0 Å². The molecule has 0 unspecified atom stereocenters. The summed E-state index contributed by atoms with van der Waals surface area (Å²) in [6.07, 6.45) is 1.62. The molecule has 0 N–H and O–H groups in total. The van der Waals surface area contributed by atoms with E-state index in [0.717, 1.165) is 9.40 Å². The molecule has 0 aliphatic rings. The fourth-order valence-corrected chi connectivity index (χ4v) is 3.08. The van der Waals surface area contributed by atoms with Gasteiger partial charge in [0.1, 0.15) is 5.52 Å². The SMILES string of the molecule is O=c1c2ncccc2sc2cccc(Cl)c12. The van der Waals surface area contributed by atoms with Crippen molar-refractivity contribution >= 4 is 43.2 Å². The number of hydrogen-bond acceptors (Lipinski definition) is 3. The molecule has 0 atom stereocenters. The summed E-state index contributed by atoms with van der Waals surface area (Å²) in [5, 5.41) is 1.06. The largest absolute Gasteiger partial charge is 0.287 e. The summed E-state index contributed by atoms with van der Waals surface area (Å²) in [5.74, 6) is 0. The predicted molar refractivity (Wildman–Crippen MR) is 68.4 cm³/mol. The fourth-order valence-electron chi connectivity index (χ4n) is 1.69. The summed E-state index contributed by atoms with van der Waals surface area (Å²) < 4.78 is 1.79. The molecule has 1 aromatic carbocycles. The monoisotopic (exact) mass is 247 g/mol. The minimum atomic E-state index is -0.0880. The van der Waals surface area contributed by atoms with Crippen molar-refractivity contribution in [2.45, 2.75) is 0 Å². The van der Waals surface area contributed by atoms with E-state index in [-0.39, 0.29) is 5.43 Å². The molecule has 4 heteroatoms. The standard InChI is InChI=1S/C12H6ClNOS/c13-7-3-1-4-8-10(7)12(15)11-9(16-8)5-2-6-14-11/h1-6H. The normalized spacial score (nSPS) is 11.1. The van der Waals surface area contributed by atoms with Crippen molar-refractivity contribution in [1.29, 1.82) is 0 Å². The minimum absolute atomic E-state index is 0.0880. The maximum absolute atomic E-state index is 12.2. The predicted octanol–water partition coefficient (Wildman–Crippen LogP) is 3.46. The van der Waals surface area contributed by atoms with Crippen molar-refractivity contribution in [3.8, 4) is 0 Å². The van der Waals surface area contributed by atoms with Crippen LogP contribution in [-0.4, -0.2) is 4.98 Å². The number of rotatable bonds is 0. The quantitative estimate of drug-likeness (QED) is 0.570. The molecule has 2 aromatic heterocycles. The molecule has 3 aromatic rings. The number of fused-ring (bicyclic) bond motifs is 2. The molecule has 0 spiro atoms. The smallest absolute Gasteiger partial charge is 0.215 e. The van der Waals surface area contributed by atoms with E-state index >= 15 is 0 Å². The summed E-state index contributed by atoms with van der Waals surface area (Å²) in [6, 6.07) is 9.21. The number of aromatic nitrogens is 1. The highest BCUT2D eigenvalue weighted by Crippen LogP contribution is 2.27. The third-order valence-corrected chi connectivity index (χ3v) is 3.83. The summed E-state index contributed by atoms with van der Waals surface area (Å²) >= 11 is 7.57. The van der Waals surface area contributed by atoms with Gasteiger partial charge in [0.05, 0.1) is 15.1 Å². The van der Waals surface area contributed by atoms with Crippen LogP contribution in [0.15, 0.2) is 41.3 Å². The van der Waals surface area contributed by atoms with E-state index in [1.165, 1.54) is 11.3 Å². The first-order chi connectivity index (χ1) is 7.77. The van der Waals surface area contributed by atoms with Gasteiger partial charge in [0.2, 0.25) is 5.43 Å². The van der Waals surface area contributed by atoms with Crippen molar-refractivity contribution < 1.29 is 0 Å². The Morgan fingerprint density at radius 2 is 1.94 bits per heavy atom. The second kappa shape index (κ2) is 3.54. The summed E-state index contributed by atoms with van der Waals surface area (Å²) in [5.41, 5.74) is 0.406. The Bertz CT molecular complexity index is 751. The molecule has 0 saturated heterocycles. The Kier molecular flexibility index (Phi) is 2.16. The van der Waals surface area contributed by atoms with E-state index in [4.69, 9.17) is 11.6 Å². The summed E-state index contributed by atoms with van der Waals surface area (Å²) in [6.45, 7) is 0. The number of hydrogen-bond donors (Lipinski definition) is 0. The van der Waals surface area contributed by atoms with Crippen LogP contribution >= 0.6 is 22.9 Å². The van der Waals surface area contributed by atoms with Crippen LogP contribution in [-0.2, 0) is 0 Å². The zero-order valence-corrected chi connectivity index (χ0v) is 9.68. The number of benzene rings is 1. The first kappa shape index (κ1) is 9.75. The van der Waals surface area contributed by atoms with Gasteiger partial charge in [-0.05, 0) is 24.3 Å². The van der Waals surface area contributed by atoms with E-state index in [9.17, 15) is 4.79 Å². The summed E-state index contributed by atoms with van der Waals surface area (Å²) in [7, 11) is 0. The molecule has 0 fully saturated rings. The van der Waals surface area contributed by atoms with E-state index in [1.807, 2.05) is 24.3 Å². The highest BCUT2D eigenvalue weighted by Gasteiger charge is 2.08. The van der Waals surface area contributed by atoms with Gasteiger partial charge < -0.3 is 0 Å². The molecule has 16 heavy (non-hydrogen) atoms. The lowest BCUT2D eigenvalue weighted by Crippen LogP contribution is -2.03. The Labute approximate surface area is 100 Å². The Morgan fingerprint density at radius 1 is 1.12 bits per heavy atom. The average molecular weight is 248 g/mol. The fraction of sp³-hybridized carbons (Fsp3) is 0. The lowest BCUT2D eigenvalue weighted by molar-refractivity contribution is 1.41. The molecule has 0 amide bonds. The van der Waals surface area contributed by atoms with Gasteiger partial charge in [0.25, 0.3) is 0 Å². The Hall–Kier alpha value is -1.45. The van der Waals surface area contributed by atoms with Crippen LogP contribution in [0.3, 0.4) is 0 Å². The number of pyridine rings is 1. The molecule has 0 saturated carbocycles. The molecule has 2 heterocycles. The van der Waals surface area contributed by atoms with E-state index < -0.39 is 0 Å². The van der Waals surface area contributed by atoms with Gasteiger partial charge in [0, 0.05) is 10.9 Å². The van der Waals surface area contributed by atoms with E-state index in [1.54, 1.807) is 12.3 Å². The molecule has 0 bridgehead atoms. The van der Waals surface area contributed by atoms with Crippen LogP contribution in [0.25, 0.3) is 20.3 Å². The van der Waals surface area contributed by atoms with Crippen LogP contribution in [0.4, 0.5) is 0 Å². The highest BCUT2D eigenvalue weighted by atomic mass is 35.5. The van der Waals surface area contributed by atoms with Crippen LogP contribution in [0.2, 0.25) is 5.02 Å². The first-order valence-electron chi connectivity index (χ1n) is 4.73. The zero-order chi connectivity index (χ0) is 11.1. The van der Waals surface area contributed by atoms with Gasteiger partial charge in [-0.1, -0.05) is 17.7 Å². The Balaban J connectivity index is 2.67. The summed E-state index contributed by atoms with van der Waals surface area (Å²) in [4.78, 5) is 16.3. The molecule has 3 rings (SSSR count). The van der Waals surface area contributed by atoms with E-state index in [0.29, 0.717) is 15.9 Å². The Morgan fingerprint density at radius 3 is 2.81 bits per heavy atom. The first-order valence-corrected chi connectivity index (χ1v) is 5.93. The topological polar surface area (TPSA) is 30.0 Å². The minimum Gasteiger partial charge on any atom is -0.287 e. The van der Waals surface area contributed by atoms with Crippen molar-refractivity contribution in [3.05, 3.63) is 51.8 Å². The van der Waals surface area contributed by atoms with Crippen LogP contribution < -0.4 is 5.43 Å². The maximum Gasteiger partial charge on any atom is 0.215 e. The van der Waals surface area contributed by atoms with Crippen LogP contribution in [0, 0.1) is 0 Å². The third kappa shape index (κ3) is 1.32. The molecule has 0 radical (unpaired) electrons. The molecule has 0 aliphatic heterocycles. The lowest BCUT2D eigenvalue weighted by atomic mass is 10.2. The van der Waals surface area contributed by atoms with Crippen LogP contribution in [0.5, 0.6) is 0 Å². The van der Waals surface area contributed by atoms with Crippen molar-refractivity contribution in [1.82, 2.24) is 4.98 Å². The molecule has 78 valence electrons. The van der Waals surface area contributed by atoms with Crippen molar-refractivity contribution in [3.63, 3.8) is 0 Å². The van der Waals surface area contributed by atoms with Gasteiger partial charge in [-0.15, -0.1) is 11.3 Å². The molecule has 2 nitrogen and oxygen atoms in total.